The van der Waals surface area contributed by atoms with E-state index in [2.05, 4.69) is 15.3 Å². The fourth-order valence-corrected chi connectivity index (χ4v) is 4.87. The van der Waals surface area contributed by atoms with Gasteiger partial charge in [-0.15, -0.1) is 11.3 Å². The summed E-state index contributed by atoms with van der Waals surface area (Å²) in [6.07, 6.45) is 1.46. The van der Waals surface area contributed by atoms with Gasteiger partial charge in [0.1, 0.15) is 16.4 Å². The minimum Gasteiger partial charge on any atom is -0.462 e. The molecule has 1 N–H and O–H groups in total. The first-order chi connectivity index (χ1) is 14.8. The predicted molar refractivity (Wildman–Crippen MR) is 122 cm³/mol. The quantitative estimate of drug-likeness (QED) is 0.328. The van der Waals surface area contributed by atoms with Crippen LogP contribution in [0.3, 0.4) is 0 Å². The van der Waals surface area contributed by atoms with Crippen LogP contribution < -0.4 is 5.32 Å². The van der Waals surface area contributed by atoms with Gasteiger partial charge in [0.05, 0.1) is 28.3 Å². The lowest BCUT2D eigenvalue weighted by molar-refractivity contribution is -0.113. The van der Waals surface area contributed by atoms with Crippen molar-refractivity contribution < 1.29 is 19.1 Å². The van der Waals surface area contributed by atoms with Crippen LogP contribution in [0, 0.1) is 6.92 Å². The molecule has 0 bridgehead atoms. The van der Waals surface area contributed by atoms with Crippen molar-refractivity contribution in [2.75, 3.05) is 31.8 Å². The zero-order valence-corrected chi connectivity index (χ0v) is 19.2. The van der Waals surface area contributed by atoms with Crippen molar-refractivity contribution in [3.8, 4) is 0 Å². The van der Waals surface area contributed by atoms with Gasteiger partial charge in [0.25, 0.3) is 5.91 Å². The first-order valence-corrected chi connectivity index (χ1v) is 11.3. The fraction of sp³-hybridized carbons (Fsp3) is 0.286. The fourth-order valence-electron chi connectivity index (χ4n) is 2.85. The van der Waals surface area contributed by atoms with E-state index >= 15 is 0 Å². The van der Waals surface area contributed by atoms with Crippen LogP contribution in [0.1, 0.15) is 32.5 Å². The molecule has 10 heteroatoms. The van der Waals surface area contributed by atoms with Crippen LogP contribution in [-0.4, -0.2) is 59.1 Å². The van der Waals surface area contributed by atoms with Crippen LogP contribution in [0.2, 0.25) is 0 Å². The Morgan fingerprint density at radius 2 is 1.94 bits per heavy atom. The van der Waals surface area contributed by atoms with E-state index in [4.69, 9.17) is 4.74 Å². The molecule has 0 aliphatic carbocycles. The number of amides is 2. The molecule has 162 valence electrons. The molecule has 2 aromatic heterocycles. The molecule has 0 atom stereocenters. The molecule has 8 nitrogen and oxygen atoms in total. The molecular weight excluding hydrogens is 436 g/mol. The number of thiophene rings is 1. The molecule has 1 aromatic carbocycles. The molecular formula is C21H22N4O4S2. The van der Waals surface area contributed by atoms with Crippen LogP contribution in [-0.2, 0) is 9.53 Å². The van der Waals surface area contributed by atoms with Crippen molar-refractivity contribution in [2.24, 2.45) is 0 Å². The van der Waals surface area contributed by atoms with E-state index in [1.807, 2.05) is 24.3 Å². The van der Waals surface area contributed by atoms with Crippen molar-refractivity contribution in [1.29, 1.82) is 0 Å². The van der Waals surface area contributed by atoms with Gasteiger partial charge in [0.2, 0.25) is 5.91 Å². The summed E-state index contributed by atoms with van der Waals surface area (Å²) in [4.78, 5) is 47.9. The number of hydrogen-bond donors (Lipinski definition) is 1. The van der Waals surface area contributed by atoms with E-state index in [-0.39, 0.29) is 29.7 Å². The Hall–Kier alpha value is -2.98. The molecule has 0 aliphatic rings. The van der Waals surface area contributed by atoms with E-state index in [1.54, 1.807) is 27.9 Å². The van der Waals surface area contributed by atoms with E-state index in [9.17, 15) is 14.4 Å². The highest BCUT2D eigenvalue weighted by Gasteiger charge is 2.27. The summed E-state index contributed by atoms with van der Waals surface area (Å²) < 4.78 is 5.13. The second kappa shape index (κ2) is 9.88. The Morgan fingerprint density at radius 1 is 1.19 bits per heavy atom. The minimum absolute atomic E-state index is 0.0805. The predicted octanol–water partition coefficient (Wildman–Crippen LogP) is 3.61. The number of rotatable bonds is 7. The number of para-hydroxylation sites is 1. The molecule has 0 spiro atoms. The van der Waals surface area contributed by atoms with Crippen LogP contribution in [0.15, 0.2) is 35.6 Å². The van der Waals surface area contributed by atoms with Crippen molar-refractivity contribution in [2.45, 2.75) is 18.9 Å². The molecule has 0 saturated heterocycles. The van der Waals surface area contributed by atoms with Gasteiger partial charge in [-0.1, -0.05) is 30.0 Å². The van der Waals surface area contributed by atoms with E-state index in [1.165, 1.54) is 23.0 Å². The molecule has 0 aliphatic heterocycles. The maximum absolute atomic E-state index is 12.7. The third-order valence-electron chi connectivity index (χ3n) is 4.33. The summed E-state index contributed by atoms with van der Waals surface area (Å²) in [5, 5.41) is 4.63. The van der Waals surface area contributed by atoms with E-state index < -0.39 is 5.97 Å². The average Bonchev–Trinajstić information content (AvgIpc) is 3.07. The highest BCUT2D eigenvalue weighted by Crippen LogP contribution is 2.35. The van der Waals surface area contributed by atoms with Crippen LogP contribution in [0.25, 0.3) is 10.9 Å². The number of nitrogens with zero attached hydrogens (tertiary/aromatic N) is 3. The van der Waals surface area contributed by atoms with Gasteiger partial charge in [0.15, 0.2) is 0 Å². The van der Waals surface area contributed by atoms with Gasteiger partial charge in [0, 0.05) is 19.5 Å². The van der Waals surface area contributed by atoms with Crippen molar-refractivity contribution >= 4 is 56.8 Å². The monoisotopic (exact) mass is 458 g/mol. The summed E-state index contributed by atoms with van der Waals surface area (Å²) >= 11 is 2.34. The first-order valence-electron chi connectivity index (χ1n) is 9.48. The Kier molecular flexibility index (Phi) is 7.24. The van der Waals surface area contributed by atoms with Crippen molar-refractivity contribution in [3.05, 3.63) is 46.6 Å². The largest absolute Gasteiger partial charge is 0.462 e. The summed E-state index contributed by atoms with van der Waals surface area (Å²) in [6, 6.07) is 7.55. The maximum Gasteiger partial charge on any atom is 0.341 e. The van der Waals surface area contributed by atoms with Gasteiger partial charge in [-0.2, -0.15) is 0 Å². The molecule has 2 amide bonds. The molecule has 0 unspecified atom stereocenters. The number of anilines is 1. The third-order valence-corrected chi connectivity index (χ3v) is 6.53. The molecule has 0 fully saturated rings. The Bertz CT molecular complexity index is 1140. The zero-order chi connectivity index (χ0) is 22.5. The smallest absolute Gasteiger partial charge is 0.341 e. The summed E-state index contributed by atoms with van der Waals surface area (Å²) in [5.41, 5.74) is 1.50. The number of ether oxygens (including phenoxy) is 1. The topological polar surface area (TPSA) is 101 Å². The highest BCUT2D eigenvalue weighted by atomic mass is 32.2. The lowest BCUT2D eigenvalue weighted by atomic mass is 10.1. The van der Waals surface area contributed by atoms with Crippen LogP contribution >= 0.6 is 23.1 Å². The molecule has 31 heavy (non-hydrogen) atoms. The first kappa shape index (κ1) is 22.7. The Labute approximate surface area is 188 Å². The Morgan fingerprint density at radius 3 is 2.65 bits per heavy atom. The van der Waals surface area contributed by atoms with Gasteiger partial charge in [-0.3, -0.25) is 9.59 Å². The van der Waals surface area contributed by atoms with E-state index in [0.29, 0.717) is 20.5 Å². The molecule has 3 aromatic rings. The third kappa shape index (κ3) is 5.02. The second-order valence-corrected chi connectivity index (χ2v) is 8.70. The maximum atomic E-state index is 12.7. The number of esters is 1. The summed E-state index contributed by atoms with van der Waals surface area (Å²) in [6.45, 7) is 3.57. The van der Waals surface area contributed by atoms with Gasteiger partial charge in [-0.05, 0) is 25.5 Å². The number of carbonyl (C=O) groups excluding carboxylic acids is 3. The number of fused-ring (bicyclic) bond motifs is 1. The SMILES string of the molecule is CCOC(=O)c1c(NC(=O)CSc2ncnc3ccccc23)sc(C(=O)N(C)C)c1C. The normalized spacial score (nSPS) is 10.7. The van der Waals surface area contributed by atoms with Gasteiger partial charge < -0.3 is 15.0 Å². The Balaban J connectivity index is 1.82. The molecule has 2 heterocycles. The standard InChI is InChI=1S/C21H22N4O4S2/c1-5-29-21(28)16-12(2)17(20(27)25(3)4)31-19(16)24-15(26)10-30-18-13-8-6-7-9-14(13)22-11-23-18/h6-9,11H,5,10H2,1-4H3,(H,24,26). The highest BCUT2D eigenvalue weighted by molar-refractivity contribution is 8.00. The summed E-state index contributed by atoms with van der Waals surface area (Å²) in [5.74, 6) is -1.05. The number of benzene rings is 1. The van der Waals surface area contributed by atoms with Crippen LogP contribution in [0.4, 0.5) is 5.00 Å². The van der Waals surface area contributed by atoms with Gasteiger partial charge >= 0.3 is 5.97 Å². The second-order valence-electron chi connectivity index (χ2n) is 6.71. The van der Waals surface area contributed by atoms with Crippen molar-refractivity contribution in [3.63, 3.8) is 0 Å². The number of hydrogen-bond acceptors (Lipinski definition) is 8. The minimum atomic E-state index is -0.571. The number of aromatic nitrogens is 2. The number of carbonyl (C=O) groups is 3. The molecule has 0 saturated carbocycles. The number of nitrogens with one attached hydrogen (secondary N) is 1. The van der Waals surface area contributed by atoms with Gasteiger partial charge in [-0.25, -0.2) is 14.8 Å². The zero-order valence-electron chi connectivity index (χ0n) is 17.6. The van der Waals surface area contributed by atoms with E-state index in [0.717, 1.165) is 22.2 Å². The molecule has 3 rings (SSSR count). The lowest BCUT2D eigenvalue weighted by Gasteiger charge is -2.09. The molecule has 0 radical (unpaired) electrons. The number of thioether (sulfide) groups is 1. The lowest BCUT2D eigenvalue weighted by Crippen LogP contribution is -2.21. The van der Waals surface area contributed by atoms with Crippen molar-refractivity contribution in [1.82, 2.24) is 14.9 Å². The summed E-state index contributed by atoms with van der Waals surface area (Å²) in [7, 11) is 3.26. The van der Waals surface area contributed by atoms with Crippen LogP contribution in [0.5, 0.6) is 0 Å². The average molecular weight is 459 g/mol.